The molecule has 24 heavy (non-hydrogen) atoms. The smallest absolute Gasteiger partial charge is 0.118 e. The molecule has 0 aliphatic heterocycles. The van der Waals surface area contributed by atoms with Crippen LogP contribution in [-0.2, 0) is 13.1 Å². The number of unbranched alkanes of at least 4 members (excludes halogenated alkanes) is 5. The molecule has 2 aromatic rings. The fourth-order valence-electron chi connectivity index (χ4n) is 2.94. The van der Waals surface area contributed by atoms with E-state index in [1.165, 1.54) is 44.1 Å². The summed E-state index contributed by atoms with van der Waals surface area (Å²) < 4.78 is 10.8. The highest BCUT2D eigenvalue weighted by Gasteiger charge is 2.09. The summed E-state index contributed by atoms with van der Waals surface area (Å²) in [7, 11) is 1.71. The first-order valence-corrected chi connectivity index (χ1v) is 9.19. The molecule has 0 atom stereocenters. The van der Waals surface area contributed by atoms with Gasteiger partial charge in [-0.3, -0.25) is 4.90 Å². The van der Waals surface area contributed by atoms with Crippen LogP contribution in [0.2, 0.25) is 0 Å². The van der Waals surface area contributed by atoms with Crippen molar-refractivity contribution in [2.75, 3.05) is 13.7 Å². The number of ether oxygens (including phenoxy) is 1. The molecule has 132 valence electrons. The van der Waals surface area contributed by atoms with Gasteiger partial charge in [-0.2, -0.15) is 0 Å². The minimum Gasteiger partial charge on any atom is -0.497 e. The highest BCUT2D eigenvalue weighted by molar-refractivity contribution is 5.27. The van der Waals surface area contributed by atoms with Gasteiger partial charge in [0, 0.05) is 6.54 Å². The molecule has 1 aromatic heterocycles. The Labute approximate surface area is 146 Å². The fourth-order valence-corrected chi connectivity index (χ4v) is 2.94. The molecule has 0 unspecified atom stereocenters. The van der Waals surface area contributed by atoms with Gasteiger partial charge in [0.25, 0.3) is 0 Å². The SMILES string of the molecule is CCCCCCCCN(Cc1ccc(OC)cc1)Cc1ccco1. The van der Waals surface area contributed by atoms with Crippen LogP contribution in [-0.4, -0.2) is 18.6 Å². The Balaban J connectivity index is 1.84. The topological polar surface area (TPSA) is 25.6 Å². The third-order valence-corrected chi connectivity index (χ3v) is 4.35. The van der Waals surface area contributed by atoms with Crippen LogP contribution in [0, 0.1) is 0 Å². The Morgan fingerprint density at radius 3 is 2.33 bits per heavy atom. The monoisotopic (exact) mass is 329 g/mol. The molecular weight excluding hydrogens is 298 g/mol. The highest BCUT2D eigenvalue weighted by Crippen LogP contribution is 2.16. The first-order valence-electron chi connectivity index (χ1n) is 9.19. The molecule has 3 nitrogen and oxygen atoms in total. The average Bonchev–Trinajstić information content (AvgIpc) is 3.11. The van der Waals surface area contributed by atoms with Gasteiger partial charge >= 0.3 is 0 Å². The van der Waals surface area contributed by atoms with Gasteiger partial charge < -0.3 is 9.15 Å². The lowest BCUT2D eigenvalue weighted by molar-refractivity contribution is 0.230. The van der Waals surface area contributed by atoms with Gasteiger partial charge in [-0.25, -0.2) is 0 Å². The Morgan fingerprint density at radius 2 is 1.67 bits per heavy atom. The summed E-state index contributed by atoms with van der Waals surface area (Å²) in [6.45, 7) is 5.19. The van der Waals surface area contributed by atoms with Gasteiger partial charge in [0.05, 0.1) is 19.9 Å². The normalized spacial score (nSPS) is 11.1. The van der Waals surface area contributed by atoms with Crippen LogP contribution in [0.15, 0.2) is 47.1 Å². The predicted octanol–water partition coefficient (Wildman–Crippen LogP) is 5.65. The first kappa shape index (κ1) is 18.6. The molecule has 0 saturated carbocycles. The summed E-state index contributed by atoms with van der Waals surface area (Å²) in [5.41, 5.74) is 1.31. The van der Waals surface area contributed by atoms with Crippen LogP contribution >= 0.6 is 0 Å². The molecule has 0 saturated heterocycles. The zero-order valence-electron chi connectivity index (χ0n) is 15.2. The molecule has 0 spiro atoms. The zero-order valence-corrected chi connectivity index (χ0v) is 15.2. The lowest BCUT2D eigenvalue weighted by Gasteiger charge is -2.21. The van der Waals surface area contributed by atoms with Crippen LogP contribution < -0.4 is 4.74 Å². The largest absolute Gasteiger partial charge is 0.497 e. The maximum Gasteiger partial charge on any atom is 0.118 e. The average molecular weight is 329 g/mol. The van der Waals surface area contributed by atoms with Crippen molar-refractivity contribution >= 4 is 0 Å². The second-order valence-electron chi connectivity index (χ2n) is 6.41. The molecule has 3 heteroatoms. The number of furan rings is 1. The minimum absolute atomic E-state index is 0.869. The number of rotatable bonds is 12. The van der Waals surface area contributed by atoms with Gasteiger partial charge in [0.15, 0.2) is 0 Å². The van der Waals surface area contributed by atoms with E-state index in [2.05, 4.69) is 30.0 Å². The number of benzene rings is 1. The third-order valence-electron chi connectivity index (χ3n) is 4.35. The quantitative estimate of drug-likeness (QED) is 0.470. The van der Waals surface area contributed by atoms with Crippen molar-refractivity contribution in [3.05, 3.63) is 54.0 Å². The summed E-state index contributed by atoms with van der Waals surface area (Å²) in [5, 5.41) is 0. The summed E-state index contributed by atoms with van der Waals surface area (Å²) in [5.74, 6) is 1.95. The van der Waals surface area contributed by atoms with Gasteiger partial charge in [-0.15, -0.1) is 0 Å². The standard InChI is InChI=1S/C21H31NO2/c1-3-4-5-6-7-8-15-22(18-21-10-9-16-24-21)17-19-11-13-20(23-2)14-12-19/h9-14,16H,3-8,15,17-18H2,1-2H3. The summed E-state index contributed by atoms with van der Waals surface area (Å²) in [4.78, 5) is 2.47. The van der Waals surface area contributed by atoms with Gasteiger partial charge in [-0.1, -0.05) is 51.2 Å². The van der Waals surface area contributed by atoms with Crippen molar-refractivity contribution in [1.82, 2.24) is 4.90 Å². The van der Waals surface area contributed by atoms with Crippen molar-refractivity contribution in [3.8, 4) is 5.75 Å². The molecule has 0 fully saturated rings. The molecule has 0 aliphatic carbocycles. The molecule has 0 radical (unpaired) electrons. The Hall–Kier alpha value is -1.74. The Bertz CT molecular complexity index is 533. The van der Waals surface area contributed by atoms with E-state index in [0.29, 0.717) is 0 Å². The minimum atomic E-state index is 0.869. The maximum absolute atomic E-state index is 5.54. The number of hydrogen-bond acceptors (Lipinski definition) is 3. The molecule has 0 amide bonds. The summed E-state index contributed by atoms with van der Waals surface area (Å²) in [6, 6.07) is 12.4. The lowest BCUT2D eigenvalue weighted by Crippen LogP contribution is -2.23. The van der Waals surface area contributed by atoms with Gasteiger partial charge in [0.2, 0.25) is 0 Å². The second-order valence-corrected chi connectivity index (χ2v) is 6.41. The van der Waals surface area contributed by atoms with E-state index in [1.807, 2.05) is 18.2 Å². The summed E-state index contributed by atoms with van der Waals surface area (Å²) in [6.07, 6.45) is 9.71. The van der Waals surface area contributed by atoms with E-state index in [1.54, 1.807) is 13.4 Å². The molecule has 0 aliphatic rings. The predicted molar refractivity (Wildman–Crippen MR) is 99.2 cm³/mol. The Kier molecular flexibility index (Phi) is 8.47. The second kappa shape index (κ2) is 10.9. The van der Waals surface area contributed by atoms with Crippen LogP contribution in [0.4, 0.5) is 0 Å². The zero-order chi connectivity index (χ0) is 17.0. The number of nitrogens with zero attached hydrogens (tertiary/aromatic N) is 1. The molecule has 1 heterocycles. The fraction of sp³-hybridized carbons (Fsp3) is 0.524. The van der Waals surface area contributed by atoms with Crippen molar-refractivity contribution in [1.29, 1.82) is 0 Å². The van der Waals surface area contributed by atoms with Gasteiger partial charge in [-0.05, 0) is 42.8 Å². The Morgan fingerprint density at radius 1 is 0.917 bits per heavy atom. The first-order chi connectivity index (χ1) is 11.8. The molecular formula is C21H31NO2. The van der Waals surface area contributed by atoms with Crippen LogP contribution in [0.1, 0.15) is 56.8 Å². The lowest BCUT2D eigenvalue weighted by atomic mass is 10.1. The third kappa shape index (κ3) is 6.79. The van der Waals surface area contributed by atoms with Crippen molar-refractivity contribution < 1.29 is 9.15 Å². The van der Waals surface area contributed by atoms with E-state index in [0.717, 1.165) is 31.1 Å². The van der Waals surface area contributed by atoms with Crippen molar-refractivity contribution in [2.24, 2.45) is 0 Å². The van der Waals surface area contributed by atoms with Crippen LogP contribution in [0.5, 0.6) is 5.75 Å². The maximum atomic E-state index is 5.54. The van der Waals surface area contributed by atoms with Crippen LogP contribution in [0.3, 0.4) is 0 Å². The van der Waals surface area contributed by atoms with E-state index in [4.69, 9.17) is 9.15 Å². The molecule has 0 bridgehead atoms. The van der Waals surface area contributed by atoms with Crippen LogP contribution in [0.25, 0.3) is 0 Å². The van der Waals surface area contributed by atoms with E-state index in [-0.39, 0.29) is 0 Å². The van der Waals surface area contributed by atoms with E-state index < -0.39 is 0 Å². The van der Waals surface area contributed by atoms with Crippen molar-refractivity contribution in [2.45, 2.75) is 58.5 Å². The molecule has 2 rings (SSSR count). The number of methoxy groups -OCH3 is 1. The van der Waals surface area contributed by atoms with E-state index >= 15 is 0 Å². The molecule has 0 N–H and O–H groups in total. The molecule has 1 aromatic carbocycles. The summed E-state index contributed by atoms with van der Waals surface area (Å²) >= 11 is 0. The van der Waals surface area contributed by atoms with E-state index in [9.17, 15) is 0 Å². The highest BCUT2D eigenvalue weighted by atomic mass is 16.5. The van der Waals surface area contributed by atoms with Gasteiger partial charge in [0.1, 0.15) is 11.5 Å². The van der Waals surface area contributed by atoms with Crippen molar-refractivity contribution in [3.63, 3.8) is 0 Å². The number of hydrogen-bond donors (Lipinski definition) is 0.